The molecule has 0 heterocycles. The van der Waals surface area contributed by atoms with E-state index in [9.17, 15) is 9.18 Å². The lowest BCUT2D eigenvalue weighted by molar-refractivity contribution is -0.117. The van der Waals surface area contributed by atoms with Gasteiger partial charge in [0, 0.05) is 5.56 Å². The minimum absolute atomic E-state index is 0.127. The monoisotopic (exact) mass is 272 g/mol. The van der Waals surface area contributed by atoms with Gasteiger partial charge in [0.05, 0.1) is 6.04 Å². The zero-order valence-electron chi connectivity index (χ0n) is 11.4. The molecule has 3 nitrogen and oxygen atoms in total. The first-order chi connectivity index (χ1) is 9.65. The van der Waals surface area contributed by atoms with Crippen LogP contribution in [0.2, 0.25) is 0 Å². The Morgan fingerprint density at radius 1 is 1.55 bits per heavy atom. The first-order valence-corrected chi connectivity index (χ1v) is 6.83. The van der Waals surface area contributed by atoms with Crippen LogP contribution in [-0.4, -0.2) is 5.91 Å². The third-order valence-electron chi connectivity index (χ3n) is 3.38. The molecule has 0 unspecified atom stereocenters. The first-order valence-electron chi connectivity index (χ1n) is 6.83. The summed E-state index contributed by atoms with van der Waals surface area (Å²) in [6, 6.07) is 7.88. The summed E-state index contributed by atoms with van der Waals surface area (Å²) >= 11 is 0. The van der Waals surface area contributed by atoms with E-state index in [0.717, 1.165) is 12.8 Å². The molecule has 1 amide bonds. The fraction of sp³-hybridized carbons (Fsp3) is 0.375. The minimum Gasteiger partial charge on any atom is -0.345 e. The average Bonchev–Trinajstić information content (AvgIpc) is 3.27. The van der Waals surface area contributed by atoms with E-state index in [1.807, 2.05) is 13.0 Å². The van der Waals surface area contributed by atoms with Crippen LogP contribution in [0, 0.1) is 23.1 Å². The normalized spacial score (nSPS) is 16.4. The highest BCUT2D eigenvalue weighted by molar-refractivity contribution is 5.97. The van der Waals surface area contributed by atoms with Crippen LogP contribution >= 0.6 is 0 Å². The maximum atomic E-state index is 13.7. The Kier molecular flexibility index (Phi) is 4.52. The van der Waals surface area contributed by atoms with E-state index in [1.165, 1.54) is 6.07 Å². The largest absolute Gasteiger partial charge is 0.345 e. The number of carbonyl (C=O) groups is 1. The van der Waals surface area contributed by atoms with Gasteiger partial charge >= 0.3 is 0 Å². The molecule has 2 rings (SSSR count). The fourth-order valence-corrected chi connectivity index (χ4v) is 2.06. The van der Waals surface area contributed by atoms with Crippen LogP contribution in [0.1, 0.15) is 37.8 Å². The van der Waals surface area contributed by atoms with Gasteiger partial charge in [-0.3, -0.25) is 4.79 Å². The van der Waals surface area contributed by atoms with E-state index in [-0.39, 0.29) is 11.4 Å². The van der Waals surface area contributed by atoms with Crippen molar-refractivity contribution < 1.29 is 9.18 Å². The third kappa shape index (κ3) is 3.45. The average molecular weight is 272 g/mol. The second-order valence-electron chi connectivity index (χ2n) is 4.99. The second-order valence-corrected chi connectivity index (χ2v) is 4.99. The molecule has 20 heavy (non-hydrogen) atoms. The zero-order chi connectivity index (χ0) is 14.5. The van der Waals surface area contributed by atoms with Crippen molar-refractivity contribution in [3.05, 3.63) is 47.3 Å². The smallest absolute Gasteiger partial charge is 0.262 e. The molecule has 1 aliphatic carbocycles. The molecule has 1 saturated carbocycles. The van der Waals surface area contributed by atoms with Crippen LogP contribution in [0.25, 0.3) is 0 Å². The number of allylic oxidation sites excluding steroid dienone is 1. The van der Waals surface area contributed by atoms with Gasteiger partial charge in [-0.1, -0.05) is 31.2 Å². The third-order valence-corrected chi connectivity index (χ3v) is 3.38. The summed E-state index contributed by atoms with van der Waals surface area (Å²) in [5.41, 5.74) is 0.578. The van der Waals surface area contributed by atoms with Crippen LogP contribution < -0.4 is 5.32 Å². The number of hydrogen-bond acceptors (Lipinski definition) is 2. The Balaban J connectivity index is 2.12. The Hall–Kier alpha value is -2.15. The number of amides is 1. The first kappa shape index (κ1) is 14.3. The van der Waals surface area contributed by atoms with Crippen molar-refractivity contribution >= 4 is 5.91 Å². The molecule has 4 heteroatoms. The van der Waals surface area contributed by atoms with Crippen molar-refractivity contribution in [3.8, 4) is 6.07 Å². The quantitative estimate of drug-likeness (QED) is 0.660. The summed E-state index contributed by atoms with van der Waals surface area (Å²) in [6.45, 7) is 1.87. The van der Waals surface area contributed by atoms with Gasteiger partial charge in [-0.05, 0) is 31.2 Å². The Morgan fingerprint density at radius 2 is 2.25 bits per heavy atom. The molecule has 0 aliphatic heterocycles. The summed E-state index contributed by atoms with van der Waals surface area (Å²) in [5.74, 6) is -0.414. The van der Waals surface area contributed by atoms with Gasteiger partial charge in [0.2, 0.25) is 0 Å². The number of benzene rings is 1. The van der Waals surface area contributed by atoms with Gasteiger partial charge in [-0.25, -0.2) is 4.39 Å². The number of rotatable bonds is 5. The van der Waals surface area contributed by atoms with Gasteiger partial charge in [0.25, 0.3) is 5.91 Å². The summed E-state index contributed by atoms with van der Waals surface area (Å²) in [5, 5.41) is 11.8. The Bertz CT molecular complexity index is 570. The predicted molar refractivity (Wildman–Crippen MR) is 74.0 cm³/mol. The zero-order valence-corrected chi connectivity index (χ0v) is 11.4. The van der Waals surface area contributed by atoms with E-state index < -0.39 is 11.9 Å². The van der Waals surface area contributed by atoms with Crippen molar-refractivity contribution in [2.75, 3.05) is 0 Å². The highest BCUT2D eigenvalue weighted by Gasteiger charge is 2.23. The molecule has 0 spiro atoms. The summed E-state index contributed by atoms with van der Waals surface area (Å²) < 4.78 is 13.7. The van der Waals surface area contributed by atoms with Crippen molar-refractivity contribution in [2.45, 2.75) is 32.2 Å². The molecule has 1 atom stereocenters. The number of hydrogen-bond donors (Lipinski definition) is 1. The molecule has 1 fully saturated rings. The van der Waals surface area contributed by atoms with Crippen LogP contribution in [-0.2, 0) is 4.79 Å². The van der Waals surface area contributed by atoms with Crippen molar-refractivity contribution in [2.24, 2.45) is 5.92 Å². The molecule has 0 saturated heterocycles. The van der Waals surface area contributed by atoms with E-state index in [4.69, 9.17) is 5.26 Å². The number of carbonyl (C=O) groups excluding carboxylic acids is 1. The number of nitrogens with zero attached hydrogens (tertiary/aromatic N) is 1. The van der Waals surface area contributed by atoms with Gasteiger partial charge in [-0.15, -0.1) is 0 Å². The summed E-state index contributed by atoms with van der Waals surface area (Å²) in [4.78, 5) is 12.1. The van der Waals surface area contributed by atoms with Gasteiger partial charge in [0.1, 0.15) is 17.5 Å². The van der Waals surface area contributed by atoms with Crippen LogP contribution in [0.4, 0.5) is 4.39 Å². The van der Waals surface area contributed by atoms with E-state index in [2.05, 4.69) is 5.32 Å². The minimum atomic E-state index is -0.422. The molecule has 1 aromatic carbocycles. The summed E-state index contributed by atoms with van der Waals surface area (Å²) in [6.07, 6.45) is 4.34. The topological polar surface area (TPSA) is 52.9 Å². The maximum Gasteiger partial charge on any atom is 0.262 e. The molecular formula is C16H17FN2O. The standard InChI is InChI=1S/C16H17FN2O/c1-2-15(13-5-3-4-6-14(13)17)19-16(20)12(10-18)9-11-7-8-11/h3-6,9,11,15H,2,7-8H2,1H3,(H,19,20)/b12-9-/t15-/m0/s1. The van der Waals surface area contributed by atoms with Crippen molar-refractivity contribution in [3.63, 3.8) is 0 Å². The highest BCUT2D eigenvalue weighted by Crippen LogP contribution is 2.31. The lowest BCUT2D eigenvalue weighted by atomic mass is 10.0. The maximum absolute atomic E-state index is 13.7. The van der Waals surface area contributed by atoms with Crippen molar-refractivity contribution in [1.82, 2.24) is 5.32 Å². The summed E-state index contributed by atoms with van der Waals surface area (Å²) in [7, 11) is 0. The Morgan fingerprint density at radius 3 is 2.80 bits per heavy atom. The van der Waals surface area contributed by atoms with Gasteiger partial charge in [-0.2, -0.15) is 5.26 Å². The van der Waals surface area contributed by atoms with E-state index in [1.54, 1.807) is 24.3 Å². The molecule has 0 radical (unpaired) electrons. The SMILES string of the molecule is CC[C@H](NC(=O)/C(C#N)=C\C1CC1)c1ccccc1F. The number of nitrogens with one attached hydrogen (secondary N) is 1. The van der Waals surface area contributed by atoms with Gasteiger partial charge in [0.15, 0.2) is 0 Å². The van der Waals surface area contributed by atoms with Crippen LogP contribution in [0.15, 0.2) is 35.9 Å². The van der Waals surface area contributed by atoms with Crippen LogP contribution in [0.3, 0.4) is 0 Å². The van der Waals surface area contributed by atoms with Crippen molar-refractivity contribution in [1.29, 1.82) is 5.26 Å². The van der Waals surface area contributed by atoms with E-state index in [0.29, 0.717) is 17.9 Å². The molecule has 1 N–H and O–H groups in total. The highest BCUT2D eigenvalue weighted by atomic mass is 19.1. The predicted octanol–water partition coefficient (Wildman–Crippen LogP) is 3.25. The molecule has 0 aromatic heterocycles. The molecule has 0 bridgehead atoms. The lowest BCUT2D eigenvalue weighted by Crippen LogP contribution is -2.29. The van der Waals surface area contributed by atoms with Gasteiger partial charge < -0.3 is 5.32 Å². The molecule has 1 aromatic rings. The van der Waals surface area contributed by atoms with E-state index >= 15 is 0 Å². The molecule has 1 aliphatic rings. The number of nitriles is 1. The lowest BCUT2D eigenvalue weighted by Gasteiger charge is -2.17. The Labute approximate surface area is 118 Å². The number of halogens is 1. The molecule has 104 valence electrons. The fourth-order valence-electron chi connectivity index (χ4n) is 2.06. The van der Waals surface area contributed by atoms with Crippen LogP contribution in [0.5, 0.6) is 0 Å². The second kappa shape index (κ2) is 6.33. The molecular weight excluding hydrogens is 255 g/mol.